The van der Waals surface area contributed by atoms with Crippen molar-refractivity contribution in [1.82, 2.24) is 0 Å². The Labute approximate surface area is 203 Å². The molecule has 1 aliphatic carbocycles. The number of nitrogens with one attached hydrogen (secondary N) is 1. The summed E-state index contributed by atoms with van der Waals surface area (Å²) in [4.78, 5) is 15.4. The van der Waals surface area contributed by atoms with E-state index in [0.717, 1.165) is 34.6 Å². The van der Waals surface area contributed by atoms with Crippen molar-refractivity contribution in [3.8, 4) is 0 Å². The van der Waals surface area contributed by atoms with Crippen LogP contribution in [-0.2, 0) is 27.0 Å². The summed E-state index contributed by atoms with van der Waals surface area (Å²) in [5.41, 5.74) is 3.38. The van der Waals surface area contributed by atoms with Crippen LogP contribution in [0.3, 0.4) is 0 Å². The first-order valence-electron chi connectivity index (χ1n) is 10.8. The molecule has 1 N–H and O–H groups in total. The SMILES string of the molecule is O=C(C1CC1)N1CCc2cc(S(=O)(=O)Nc3ccccc3SCc3ccc(Cl)cc3)ccc21. The van der Waals surface area contributed by atoms with Crippen LogP contribution < -0.4 is 9.62 Å². The summed E-state index contributed by atoms with van der Waals surface area (Å²) in [6.45, 7) is 0.617. The fraction of sp³-hybridized carbons (Fsp3) is 0.240. The molecule has 0 bridgehead atoms. The Morgan fingerprint density at radius 3 is 2.58 bits per heavy atom. The molecule has 0 spiro atoms. The number of hydrogen-bond acceptors (Lipinski definition) is 4. The van der Waals surface area contributed by atoms with Gasteiger partial charge in [0.2, 0.25) is 5.91 Å². The minimum absolute atomic E-state index is 0.142. The summed E-state index contributed by atoms with van der Waals surface area (Å²) in [6.07, 6.45) is 2.58. The van der Waals surface area contributed by atoms with Crippen LogP contribution in [-0.4, -0.2) is 20.9 Å². The summed E-state index contributed by atoms with van der Waals surface area (Å²) in [5, 5.41) is 0.686. The first-order chi connectivity index (χ1) is 15.9. The molecule has 1 fully saturated rings. The van der Waals surface area contributed by atoms with Crippen molar-refractivity contribution in [2.75, 3.05) is 16.2 Å². The Kier molecular flexibility index (Phi) is 6.12. The van der Waals surface area contributed by atoms with Crippen LogP contribution in [0.2, 0.25) is 5.02 Å². The van der Waals surface area contributed by atoms with Crippen LogP contribution in [0.15, 0.2) is 76.5 Å². The lowest BCUT2D eigenvalue weighted by atomic mass is 10.2. The number of halogens is 1. The van der Waals surface area contributed by atoms with Gasteiger partial charge in [-0.05, 0) is 72.9 Å². The monoisotopic (exact) mass is 498 g/mol. The fourth-order valence-corrected chi connectivity index (χ4v) is 6.23. The van der Waals surface area contributed by atoms with Gasteiger partial charge >= 0.3 is 0 Å². The van der Waals surface area contributed by atoms with Crippen molar-refractivity contribution >= 4 is 50.7 Å². The second kappa shape index (κ2) is 9.05. The molecule has 1 aliphatic heterocycles. The van der Waals surface area contributed by atoms with Gasteiger partial charge in [0.05, 0.1) is 10.6 Å². The van der Waals surface area contributed by atoms with Gasteiger partial charge in [0.1, 0.15) is 0 Å². The van der Waals surface area contributed by atoms with E-state index >= 15 is 0 Å². The number of amides is 1. The van der Waals surface area contributed by atoms with Crippen molar-refractivity contribution in [3.63, 3.8) is 0 Å². The molecule has 0 aromatic heterocycles. The summed E-state index contributed by atoms with van der Waals surface area (Å²) >= 11 is 7.52. The van der Waals surface area contributed by atoms with Gasteiger partial charge in [-0.1, -0.05) is 35.9 Å². The van der Waals surface area contributed by atoms with Crippen LogP contribution in [0.25, 0.3) is 0 Å². The molecule has 1 heterocycles. The zero-order valence-electron chi connectivity index (χ0n) is 17.8. The van der Waals surface area contributed by atoms with Gasteiger partial charge < -0.3 is 4.90 Å². The highest BCUT2D eigenvalue weighted by atomic mass is 35.5. The van der Waals surface area contributed by atoms with Gasteiger partial charge in [0, 0.05) is 33.8 Å². The largest absolute Gasteiger partial charge is 0.312 e. The number of benzene rings is 3. The fourth-order valence-electron chi connectivity index (χ4n) is 3.95. The predicted molar refractivity (Wildman–Crippen MR) is 133 cm³/mol. The van der Waals surface area contributed by atoms with Crippen LogP contribution in [0.4, 0.5) is 11.4 Å². The summed E-state index contributed by atoms with van der Waals surface area (Å²) in [5.74, 6) is 0.997. The molecule has 0 saturated heterocycles. The minimum atomic E-state index is -3.77. The number of sulfonamides is 1. The van der Waals surface area contributed by atoms with Crippen LogP contribution >= 0.6 is 23.4 Å². The predicted octanol–water partition coefficient (Wildman–Crippen LogP) is 5.73. The maximum Gasteiger partial charge on any atom is 0.261 e. The number of rotatable bonds is 7. The number of hydrogen-bond donors (Lipinski definition) is 1. The van der Waals surface area contributed by atoms with E-state index in [0.29, 0.717) is 29.4 Å². The smallest absolute Gasteiger partial charge is 0.261 e. The van der Waals surface area contributed by atoms with Gasteiger partial charge in [-0.15, -0.1) is 11.8 Å². The van der Waals surface area contributed by atoms with E-state index in [4.69, 9.17) is 11.6 Å². The average Bonchev–Trinajstić information content (AvgIpc) is 3.58. The highest BCUT2D eigenvalue weighted by Crippen LogP contribution is 2.38. The van der Waals surface area contributed by atoms with E-state index < -0.39 is 10.0 Å². The molecule has 3 aromatic rings. The van der Waals surface area contributed by atoms with E-state index in [9.17, 15) is 13.2 Å². The summed E-state index contributed by atoms with van der Waals surface area (Å²) in [7, 11) is -3.77. The number of nitrogens with zero attached hydrogens (tertiary/aromatic N) is 1. The molecule has 0 unspecified atom stereocenters. The Hall–Kier alpha value is -2.48. The highest BCUT2D eigenvalue weighted by Gasteiger charge is 2.36. The van der Waals surface area contributed by atoms with E-state index in [-0.39, 0.29) is 16.7 Å². The van der Waals surface area contributed by atoms with E-state index in [1.807, 2.05) is 42.5 Å². The molecule has 0 atom stereocenters. The standard InChI is InChI=1S/C25H23ClN2O3S2/c26-20-9-5-17(6-10-20)16-32-24-4-2-1-3-22(24)27-33(30,31)21-11-12-23-19(15-21)13-14-28(23)25(29)18-7-8-18/h1-6,9-12,15,18,27H,7-8,13-14,16H2. The third-order valence-electron chi connectivity index (χ3n) is 5.89. The van der Waals surface area contributed by atoms with E-state index in [2.05, 4.69) is 4.72 Å². The van der Waals surface area contributed by atoms with Crippen molar-refractivity contribution < 1.29 is 13.2 Å². The number of anilines is 2. The Morgan fingerprint density at radius 2 is 1.82 bits per heavy atom. The summed E-state index contributed by atoms with van der Waals surface area (Å²) < 4.78 is 29.1. The van der Waals surface area contributed by atoms with Crippen molar-refractivity contribution in [1.29, 1.82) is 0 Å². The normalized spacial score (nSPS) is 15.4. The number of para-hydroxylation sites is 1. The molecule has 170 valence electrons. The molecule has 1 saturated carbocycles. The molecular formula is C25H23ClN2O3S2. The van der Waals surface area contributed by atoms with Gasteiger partial charge in [-0.2, -0.15) is 0 Å². The zero-order chi connectivity index (χ0) is 23.0. The Balaban J connectivity index is 1.33. The lowest BCUT2D eigenvalue weighted by Gasteiger charge is -2.17. The number of thioether (sulfide) groups is 1. The quantitative estimate of drug-likeness (QED) is 0.422. The van der Waals surface area contributed by atoms with E-state index in [1.54, 1.807) is 40.9 Å². The molecule has 3 aromatic carbocycles. The van der Waals surface area contributed by atoms with Crippen LogP contribution in [0, 0.1) is 5.92 Å². The second-order valence-electron chi connectivity index (χ2n) is 8.32. The average molecular weight is 499 g/mol. The maximum atomic E-state index is 13.2. The highest BCUT2D eigenvalue weighted by molar-refractivity contribution is 7.98. The van der Waals surface area contributed by atoms with Crippen molar-refractivity contribution in [2.24, 2.45) is 5.92 Å². The van der Waals surface area contributed by atoms with Crippen molar-refractivity contribution in [2.45, 2.75) is 34.8 Å². The molecule has 5 nitrogen and oxygen atoms in total. The van der Waals surface area contributed by atoms with Gasteiger partial charge in [0.25, 0.3) is 10.0 Å². The molecular weight excluding hydrogens is 476 g/mol. The number of carbonyl (C=O) groups excluding carboxylic acids is 1. The minimum Gasteiger partial charge on any atom is -0.312 e. The van der Waals surface area contributed by atoms with Crippen molar-refractivity contribution in [3.05, 3.63) is 82.9 Å². The van der Waals surface area contributed by atoms with Gasteiger partial charge in [0.15, 0.2) is 0 Å². The summed E-state index contributed by atoms with van der Waals surface area (Å²) in [6, 6.07) is 20.0. The third-order valence-corrected chi connectivity index (χ3v) is 8.65. The molecule has 5 rings (SSSR count). The van der Waals surface area contributed by atoms with Gasteiger partial charge in [-0.25, -0.2) is 8.42 Å². The lowest BCUT2D eigenvalue weighted by molar-refractivity contribution is -0.119. The molecule has 2 aliphatic rings. The molecule has 1 amide bonds. The lowest BCUT2D eigenvalue weighted by Crippen LogP contribution is -2.30. The first-order valence-corrected chi connectivity index (χ1v) is 13.7. The zero-order valence-corrected chi connectivity index (χ0v) is 20.2. The second-order valence-corrected chi connectivity index (χ2v) is 11.5. The molecule has 33 heavy (non-hydrogen) atoms. The topological polar surface area (TPSA) is 66.5 Å². The van der Waals surface area contributed by atoms with Gasteiger partial charge in [-0.3, -0.25) is 9.52 Å². The maximum absolute atomic E-state index is 13.2. The number of carbonyl (C=O) groups is 1. The number of fused-ring (bicyclic) bond motifs is 1. The van der Waals surface area contributed by atoms with Crippen LogP contribution in [0.5, 0.6) is 0 Å². The third kappa shape index (κ3) is 4.90. The van der Waals surface area contributed by atoms with E-state index in [1.165, 1.54) is 0 Å². The van der Waals surface area contributed by atoms with Crippen LogP contribution in [0.1, 0.15) is 24.0 Å². The Morgan fingerprint density at radius 1 is 1.06 bits per heavy atom. The Bertz CT molecular complexity index is 1310. The molecule has 0 radical (unpaired) electrons. The first kappa shape index (κ1) is 22.3. The molecule has 8 heteroatoms.